The third-order valence-corrected chi connectivity index (χ3v) is 2.36. The molecule has 2 aromatic heterocycles. The van der Waals surface area contributed by atoms with Gasteiger partial charge in [0.15, 0.2) is 0 Å². The molecule has 0 aromatic carbocycles. The summed E-state index contributed by atoms with van der Waals surface area (Å²) in [5.41, 5.74) is 1.11. The number of hydrogen-bond acceptors (Lipinski definition) is 3. The summed E-state index contributed by atoms with van der Waals surface area (Å²) in [4.78, 5) is 7.23. The van der Waals surface area contributed by atoms with E-state index in [0.29, 0.717) is 6.04 Å². The van der Waals surface area contributed by atoms with E-state index in [0.717, 1.165) is 24.5 Å². The molecule has 0 bridgehead atoms. The zero-order valence-electron chi connectivity index (χ0n) is 8.70. The molecule has 0 radical (unpaired) electrons. The molecule has 2 heterocycles. The number of imidazole rings is 1. The molecule has 0 saturated carbocycles. The van der Waals surface area contributed by atoms with Crippen molar-refractivity contribution < 1.29 is 0 Å². The highest BCUT2D eigenvalue weighted by Crippen LogP contribution is 2.06. The van der Waals surface area contributed by atoms with E-state index in [1.165, 1.54) is 0 Å². The number of aromatic amines is 2. The Hall–Kier alpha value is -1.62. The van der Waals surface area contributed by atoms with Crippen LogP contribution in [0.1, 0.15) is 24.5 Å². The normalized spacial score (nSPS) is 12.9. The van der Waals surface area contributed by atoms with Crippen molar-refractivity contribution >= 4 is 0 Å². The fourth-order valence-corrected chi connectivity index (χ4v) is 1.46. The highest BCUT2D eigenvalue weighted by atomic mass is 15.1. The summed E-state index contributed by atoms with van der Waals surface area (Å²) >= 11 is 0. The van der Waals surface area contributed by atoms with E-state index in [1.807, 2.05) is 12.3 Å². The Bertz CT molecular complexity index is 364. The molecular weight excluding hydrogens is 190 g/mol. The van der Waals surface area contributed by atoms with Gasteiger partial charge in [0.25, 0.3) is 0 Å². The van der Waals surface area contributed by atoms with Crippen molar-refractivity contribution in [3.05, 3.63) is 36.2 Å². The highest BCUT2D eigenvalue weighted by molar-refractivity contribution is 5.03. The number of H-pyrrole nitrogens is 2. The monoisotopic (exact) mass is 205 g/mol. The first-order valence-electron chi connectivity index (χ1n) is 5.07. The lowest BCUT2D eigenvalue weighted by atomic mass is 10.2. The van der Waals surface area contributed by atoms with Gasteiger partial charge in [-0.1, -0.05) is 0 Å². The molecule has 0 fully saturated rings. The van der Waals surface area contributed by atoms with Gasteiger partial charge >= 0.3 is 0 Å². The lowest BCUT2D eigenvalue weighted by Gasteiger charge is -2.10. The van der Waals surface area contributed by atoms with Crippen molar-refractivity contribution in [3.8, 4) is 0 Å². The van der Waals surface area contributed by atoms with Gasteiger partial charge < -0.3 is 10.3 Å². The van der Waals surface area contributed by atoms with E-state index in [4.69, 9.17) is 0 Å². The zero-order chi connectivity index (χ0) is 10.5. The van der Waals surface area contributed by atoms with Gasteiger partial charge in [-0.2, -0.15) is 5.10 Å². The van der Waals surface area contributed by atoms with E-state index in [-0.39, 0.29) is 0 Å². The van der Waals surface area contributed by atoms with Gasteiger partial charge in [0, 0.05) is 37.6 Å². The summed E-state index contributed by atoms with van der Waals surface area (Å²) in [6, 6.07) is 2.27. The Kier molecular flexibility index (Phi) is 3.14. The maximum atomic E-state index is 4.16. The van der Waals surface area contributed by atoms with Crippen LogP contribution in [-0.4, -0.2) is 26.7 Å². The molecule has 15 heavy (non-hydrogen) atoms. The lowest BCUT2D eigenvalue weighted by Crippen LogP contribution is -2.22. The first kappa shape index (κ1) is 9.92. The minimum Gasteiger partial charge on any atom is -0.349 e. The highest BCUT2D eigenvalue weighted by Gasteiger charge is 2.05. The Labute approximate surface area is 88.3 Å². The Morgan fingerprint density at radius 1 is 1.47 bits per heavy atom. The SMILES string of the molecule is CC(NCCc1ncc[nH]1)c1ccn[nH]1. The standard InChI is InChI=1S/C10H15N5/c1-8(9-2-5-14-15-9)11-4-3-10-12-6-7-13-10/h2,5-8,11H,3-4H2,1H3,(H,12,13)(H,14,15). The summed E-state index contributed by atoms with van der Waals surface area (Å²) < 4.78 is 0. The van der Waals surface area contributed by atoms with E-state index in [2.05, 4.69) is 32.4 Å². The van der Waals surface area contributed by atoms with E-state index in [1.54, 1.807) is 12.4 Å². The zero-order valence-corrected chi connectivity index (χ0v) is 8.70. The molecule has 0 aliphatic carbocycles. The number of rotatable bonds is 5. The van der Waals surface area contributed by atoms with Gasteiger partial charge in [0.05, 0.1) is 5.69 Å². The fraction of sp³-hybridized carbons (Fsp3) is 0.400. The molecule has 2 rings (SSSR count). The molecule has 2 aromatic rings. The van der Waals surface area contributed by atoms with Crippen LogP contribution in [0.5, 0.6) is 0 Å². The number of nitrogens with zero attached hydrogens (tertiary/aromatic N) is 2. The van der Waals surface area contributed by atoms with Gasteiger partial charge in [0.1, 0.15) is 5.82 Å². The Morgan fingerprint density at radius 3 is 3.07 bits per heavy atom. The molecule has 3 N–H and O–H groups in total. The second-order valence-electron chi connectivity index (χ2n) is 3.47. The smallest absolute Gasteiger partial charge is 0.107 e. The van der Waals surface area contributed by atoms with Crippen LogP contribution in [0.25, 0.3) is 0 Å². The van der Waals surface area contributed by atoms with Gasteiger partial charge in [-0.25, -0.2) is 4.98 Å². The topological polar surface area (TPSA) is 69.4 Å². The second kappa shape index (κ2) is 4.75. The summed E-state index contributed by atoms with van der Waals surface area (Å²) in [5, 5.41) is 10.3. The van der Waals surface area contributed by atoms with Gasteiger partial charge in [-0.15, -0.1) is 0 Å². The Morgan fingerprint density at radius 2 is 2.40 bits per heavy atom. The van der Waals surface area contributed by atoms with Crippen LogP contribution in [-0.2, 0) is 6.42 Å². The summed E-state index contributed by atoms with van der Waals surface area (Å²) in [5.74, 6) is 1.01. The third-order valence-electron chi connectivity index (χ3n) is 2.36. The number of nitrogens with one attached hydrogen (secondary N) is 3. The molecule has 1 atom stereocenters. The molecule has 0 aliphatic rings. The van der Waals surface area contributed by atoms with Crippen LogP contribution in [0.4, 0.5) is 0 Å². The van der Waals surface area contributed by atoms with E-state index in [9.17, 15) is 0 Å². The largest absolute Gasteiger partial charge is 0.349 e. The first-order valence-corrected chi connectivity index (χ1v) is 5.07. The molecule has 80 valence electrons. The first-order chi connectivity index (χ1) is 7.36. The minimum absolute atomic E-state index is 0.294. The lowest BCUT2D eigenvalue weighted by molar-refractivity contribution is 0.558. The van der Waals surface area contributed by atoms with Gasteiger partial charge in [-0.3, -0.25) is 5.10 Å². The molecule has 0 aliphatic heterocycles. The molecule has 1 unspecified atom stereocenters. The average molecular weight is 205 g/mol. The summed E-state index contributed by atoms with van der Waals surface area (Å²) in [7, 11) is 0. The van der Waals surface area contributed by atoms with Gasteiger partial charge in [0.2, 0.25) is 0 Å². The molecule has 0 spiro atoms. The van der Waals surface area contributed by atoms with Crippen molar-refractivity contribution in [1.82, 2.24) is 25.5 Å². The van der Waals surface area contributed by atoms with Crippen molar-refractivity contribution in [2.75, 3.05) is 6.54 Å². The van der Waals surface area contributed by atoms with Crippen LogP contribution < -0.4 is 5.32 Å². The van der Waals surface area contributed by atoms with Crippen LogP contribution in [0, 0.1) is 0 Å². The molecule has 0 amide bonds. The quantitative estimate of drug-likeness (QED) is 0.682. The van der Waals surface area contributed by atoms with E-state index >= 15 is 0 Å². The molecule has 5 heteroatoms. The van der Waals surface area contributed by atoms with Crippen molar-refractivity contribution in [3.63, 3.8) is 0 Å². The molecular formula is C10H15N5. The summed E-state index contributed by atoms with van der Waals surface area (Å²) in [6.45, 7) is 3.00. The predicted octanol–water partition coefficient (Wildman–Crippen LogP) is 1.03. The number of hydrogen-bond donors (Lipinski definition) is 3. The van der Waals surface area contributed by atoms with Crippen LogP contribution in [0.2, 0.25) is 0 Å². The molecule has 0 saturated heterocycles. The molecule has 5 nitrogen and oxygen atoms in total. The van der Waals surface area contributed by atoms with Crippen molar-refractivity contribution in [2.24, 2.45) is 0 Å². The maximum Gasteiger partial charge on any atom is 0.107 e. The number of aromatic nitrogens is 4. The Balaban J connectivity index is 1.74. The van der Waals surface area contributed by atoms with Crippen LogP contribution in [0.15, 0.2) is 24.7 Å². The van der Waals surface area contributed by atoms with Crippen LogP contribution in [0.3, 0.4) is 0 Å². The van der Waals surface area contributed by atoms with Gasteiger partial charge in [-0.05, 0) is 13.0 Å². The van der Waals surface area contributed by atoms with Crippen molar-refractivity contribution in [1.29, 1.82) is 0 Å². The second-order valence-corrected chi connectivity index (χ2v) is 3.47. The minimum atomic E-state index is 0.294. The van der Waals surface area contributed by atoms with E-state index < -0.39 is 0 Å². The maximum absolute atomic E-state index is 4.16. The summed E-state index contributed by atoms with van der Waals surface area (Å²) in [6.07, 6.45) is 6.28. The average Bonchev–Trinajstić information content (AvgIpc) is 2.90. The van der Waals surface area contributed by atoms with Crippen molar-refractivity contribution in [2.45, 2.75) is 19.4 Å². The third kappa shape index (κ3) is 2.66. The fourth-order valence-electron chi connectivity index (χ4n) is 1.46. The predicted molar refractivity (Wildman–Crippen MR) is 57.3 cm³/mol. The van der Waals surface area contributed by atoms with Crippen LogP contribution >= 0.6 is 0 Å².